The maximum atomic E-state index is 13.0. The van der Waals surface area contributed by atoms with E-state index < -0.39 is 11.7 Å². The number of amides is 2. The molecule has 0 radical (unpaired) electrons. The monoisotopic (exact) mass is 420 g/mol. The lowest BCUT2D eigenvalue weighted by Crippen LogP contribution is -2.57. The molecule has 1 heterocycles. The summed E-state index contributed by atoms with van der Waals surface area (Å²) in [5.74, 6) is 0.219. The van der Waals surface area contributed by atoms with Crippen molar-refractivity contribution in [2.75, 3.05) is 0 Å². The van der Waals surface area contributed by atoms with Crippen molar-refractivity contribution in [3.05, 3.63) is 47.3 Å². The van der Waals surface area contributed by atoms with Crippen LogP contribution in [-0.4, -0.2) is 27.4 Å². The van der Waals surface area contributed by atoms with Crippen LogP contribution in [0.2, 0.25) is 0 Å². The molecular weight excluding hydrogens is 392 g/mol. The number of hydrogen-bond donors (Lipinski definition) is 2. The number of para-hydroxylation sites is 1. The van der Waals surface area contributed by atoms with Crippen molar-refractivity contribution >= 4 is 17.6 Å². The zero-order chi connectivity index (χ0) is 21.8. The summed E-state index contributed by atoms with van der Waals surface area (Å²) >= 11 is 0. The zero-order valence-corrected chi connectivity index (χ0v) is 18.0. The van der Waals surface area contributed by atoms with Crippen LogP contribution in [0, 0.1) is 37.0 Å². The summed E-state index contributed by atoms with van der Waals surface area (Å²) in [6, 6.07) is 9.46. The van der Waals surface area contributed by atoms with Gasteiger partial charge in [0.05, 0.1) is 28.1 Å². The largest absolute Gasteiger partial charge is 0.310 e. The lowest BCUT2D eigenvalue weighted by molar-refractivity contribution is -0.148. The van der Waals surface area contributed by atoms with Gasteiger partial charge in [-0.25, -0.2) is 4.68 Å². The number of nitrogens with zero attached hydrogens (tertiary/aromatic N) is 2. The van der Waals surface area contributed by atoms with E-state index in [0.29, 0.717) is 29.1 Å². The molecule has 4 aliphatic carbocycles. The Morgan fingerprint density at radius 1 is 0.935 bits per heavy atom. The normalized spacial score (nSPS) is 28.4. The van der Waals surface area contributed by atoms with Crippen molar-refractivity contribution in [1.29, 1.82) is 0 Å². The second-order valence-electron chi connectivity index (χ2n) is 9.73. The molecule has 7 nitrogen and oxygen atoms in total. The van der Waals surface area contributed by atoms with Crippen molar-refractivity contribution < 1.29 is 14.4 Å². The maximum absolute atomic E-state index is 13.0. The minimum absolute atomic E-state index is 0.138. The molecule has 0 unspecified atom stereocenters. The maximum Gasteiger partial charge on any atom is 0.310 e. The van der Waals surface area contributed by atoms with Gasteiger partial charge in [-0.1, -0.05) is 18.2 Å². The SMILES string of the molecule is Cc1nn(-c2ccccc2)c(C)c1C(=O)C(=O)NNC(=O)C12CC3CC(CC(C3)C1)C2. The summed E-state index contributed by atoms with van der Waals surface area (Å²) in [6.45, 7) is 3.47. The van der Waals surface area contributed by atoms with Gasteiger partial charge < -0.3 is 0 Å². The Bertz CT molecular complexity index is 1020. The van der Waals surface area contributed by atoms with Crippen LogP contribution in [0.15, 0.2) is 30.3 Å². The minimum atomic E-state index is -0.836. The highest BCUT2D eigenvalue weighted by molar-refractivity contribution is 6.43. The molecule has 7 heteroatoms. The van der Waals surface area contributed by atoms with Crippen LogP contribution in [0.1, 0.15) is 60.3 Å². The molecule has 1 aromatic carbocycles. The molecule has 4 aliphatic rings. The van der Waals surface area contributed by atoms with Crippen LogP contribution in [0.3, 0.4) is 0 Å². The smallest absolute Gasteiger partial charge is 0.283 e. The highest BCUT2D eigenvalue weighted by Crippen LogP contribution is 2.60. The molecule has 2 aromatic rings. The second kappa shape index (κ2) is 7.32. The van der Waals surface area contributed by atoms with E-state index >= 15 is 0 Å². The van der Waals surface area contributed by atoms with Crippen LogP contribution >= 0.6 is 0 Å². The van der Waals surface area contributed by atoms with Crippen LogP contribution in [0.5, 0.6) is 0 Å². The van der Waals surface area contributed by atoms with Crippen molar-refractivity contribution in [1.82, 2.24) is 20.6 Å². The van der Waals surface area contributed by atoms with Gasteiger partial charge in [-0.2, -0.15) is 5.10 Å². The van der Waals surface area contributed by atoms with E-state index in [9.17, 15) is 14.4 Å². The van der Waals surface area contributed by atoms with Gasteiger partial charge in [-0.15, -0.1) is 0 Å². The average molecular weight is 421 g/mol. The van der Waals surface area contributed by atoms with Crippen LogP contribution in [-0.2, 0) is 9.59 Å². The van der Waals surface area contributed by atoms with Gasteiger partial charge in [0.2, 0.25) is 5.91 Å². The van der Waals surface area contributed by atoms with Crippen LogP contribution < -0.4 is 10.9 Å². The first kappa shape index (κ1) is 20.0. The third-order valence-corrected chi connectivity index (χ3v) is 7.53. The fraction of sp³-hybridized carbons (Fsp3) is 0.500. The molecule has 2 amide bonds. The Labute approximate surface area is 181 Å². The lowest BCUT2D eigenvalue weighted by Gasteiger charge is -2.55. The van der Waals surface area contributed by atoms with Gasteiger partial charge in [0.25, 0.3) is 5.78 Å². The summed E-state index contributed by atoms with van der Waals surface area (Å²) in [7, 11) is 0. The Hall–Kier alpha value is -2.96. The van der Waals surface area contributed by atoms with Crippen molar-refractivity contribution in [3.63, 3.8) is 0 Å². The minimum Gasteiger partial charge on any atom is -0.283 e. The first-order chi connectivity index (χ1) is 14.9. The quantitative estimate of drug-likeness (QED) is 0.452. The molecule has 162 valence electrons. The Morgan fingerprint density at radius 2 is 1.52 bits per heavy atom. The van der Waals surface area contributed by atoms with E-state index in [2.05, 4.69) is 16.0 Å². The molecule has 4 fully saturated rings. The van der Waals surface area contributed by atoms with E-state index in [0.717, 1.165) is 24.9 Å². The predicted octanol–water partition coefficient (Wildman–Crippen LogP) is 3.04. The van der Waals surface area contributed by atoms with Gasteiger partial charge in [0.1, 0.15) is 0 Å². The topological polar surface area (TPSA) is 93.1 Å². The highest BCUT2D eigenvalue weighted by Gasteiger charge is 2.54. The number of benzene rings is 1. The van der Waals surface area contributed by atoms with Gasteiger partial charge >= 0.3 is 5.91 Å². The molecule has 31 heavy (non-hydrogen) atoms. The molecule has 0 aliphatic heterocycles. The molecule has 2 N–H and O–H groups in total. The fourth-order valence-corrected chi connectivity index (χ4v) is 6.60. The second-order valence-corrected chi connectivity index (χ2v) is 9.73. The van der Waals surface area contributed by atoms with Crippen LogP contribution in [0.25, 0.3) is 5.69 Å². The molecular formula is C24H28N4O3. The van der Waals surface area contributed by atoms with Gasteiger partial charge in [-0.3, -0.25) is 25.2 Å². The summed E-state index contributed by atoms with van der Waals surface area (Å²) in [5.41, 5.74) is 6.75. The molecule has 1 aromatic heterocycles. The lowest BCUT2D eigenvalue weighted by atomic mass is 9.49. The summed E-state index contributed by atoms with van der Waals surface area (Å²) in [5, 5.41) is 4.43. The van der Waals surface area contributed by atoms with Gasteiger partial charge in [0.15, 0.2) is 0 Å². The zero-order valence-electron chi connectivity index (χ0n) is 18.0. The van der Waals surface area contributed by atoms with E-state index in [1.165, 1.54) is 19.3 Å². The molecule has 4 bridgehead atoms. The van der Waals surface area contributed by atoms with Crippen molar-refractivity contribution in [2.45, 2.75) is 52.4 Å². The van der Waals surface area contributed by atoms with E-state index in [4.69, 9.17) is 0 Å². The molecule has 4 saturated carbocycles. The number of Topliss-reactive ketones (excluding diaryl/α,β-unsaturated/α-hetero) is 1. The molecule has 0 spiro atoms. The summed E-state index contributed by atoms with van der Waals surface area (Å²) < 4.78 is 1.66. The number of carbonyl (C=O) groups excluding carboxylic acids is 3. The Morgan fingerprint density at radius 3 is 2.10 bits per heavy atom. The summed E-state index contributed by atoms with van der Waals surface area (Å²) in [6.07, 6.45) is 6.41. The van der Waals surface area contributed by atoms with E-state index in [-0.39, 0.29) is 16.9 Å². The molecule has 0 atom stereocenters. The number of hydrazine groups is 1. The first-order valence-electron chi connectivity index (χ1n) is 11.1. The summed E-state index contributed by atoms with van der Waals surface area (Å²) in [4.78, 5) is 38.5. The molecule has 0 saturated heterocycles. The number of carbonyl (C=O) groups is 3. The Kier molecular flexibility index (Phi) is 4.72. The van der Waals surface area contributed by atoms with Gasteiger partial charge in [0, 0.05) is 0 Å². The third kappa shape index (κ3) is 3.36. The number of rotatable bonds is 4. The standard InChI is InChI=1S/C24H28N4O3/c1-14-20(15(2)28(27-14)19-6-4-3-5-7-19)21(29)22(30)25-26-23(31)24-11-16-8-17(12-24)10-18(9-16)13-24/h3-7,16-18H,8-13H2,1-2H3,(H,25,30)(H,26,31). The van der Waals surface area contributed by atoms with Crippen molar-refractivity contribution in [3.8, 4) is 5.69 Å². The van der Waals surface area contributed by atoms with Gasteiger partial charge in [-0.05, 0) is 82.3 Å². The first-order valence-corrected chi connectivity index (χ1v) is 11.1. The van der Waals surface area contributed by atoms with E-state index in [1.807, 2.05) is 30.3 Å². The fourth-order valence-electron chi connectivity index (χ4n) is 6.60. The number of hydrogen-bond acceptors (Lipinski definition) is 4. The Balaban J connectivity index is 1.28. The third-order valence-electron chi connectivity index (χ3n) is 7.53. The van der Waals surface area contributed by atoms with E-state index in [1.54, 1.807) is 18.5 Å². The highest BCUT2D eigenvalue weighted by atomic mass is 16.2. The predicted molar refractivity (Wildman–Crippen MR) is 114 cm³/mol. The number of nitrogens with one attached hydrogen (secondary N) is 2. The average Bonchev–Trinajstić information content (AvgIpc) is 3.04. The van der Waals surface area contributed by atoms with Crippen molar-refractivity contribution in [2.24, 2.45) is 23.2 Å². The number of ketones is 1. The molecule has 6 rings (SSSR count). The van der Waals surface area contributed by atoms with Crippen LogP contribution in [0.4, 0.5) is 0 Å². The number of aryl methyl sites for hydroxylation is 1. The number of aromatic nitrogens is 2.